The molecule has 1 amide bonds. The molecule has 0 bridgehead atoms. The van der Waals surface area contributed by atoms with Crippen LogP contribution in [0.3, 0.4) is 0 Å². The molecule has 1 saturated heterocycles. The summed E-state index contributed by atoms with van der Waals surface area (Å²) in [6.07, 6.45) is -0.590. The minimum absolute atomic E-state index is 0.138. The van der Waals surface area contributed by atoms with Crippen LogP contribution in [0.4, 0.5) is 4.39 Å². The van der Waals surface area contributed by atoms with Crippen LogP contribution >= 0.6 is 0 Å². The first-order valence-electron chi connectivity index (χ1n) is 9.19. The van der Waals surface area contributed by atoms with Gasteiger partial charge in [0, 0.05) is 31.6 Å². The SMILES string of the molecule is Cc1nc(CN2C[C@@H](F)C[C@H]2CNC(=O)c2ccc(-c3ccccc3)o2)no1. The van der Waals surface area contributed by atoms with Crippen molar-refractivity contribution in [2.24, 2.45) is 0 Å². The van der Waals surface area contributed by atoms with Gasteiger partial charge in [0.2, 0.25) is 5.89 Å². The summed E-state index contributed by atoms with van der Waals surface area (Å²) in [6, 6.07) is 12.8. The van der Waals surface area contributed by atoms with Crippen LogP contribution in [0.1, 0.15) is 28.7 Å². The van der Waals surface area contributed by atoms with Gasteiger partial charge in [-0.2, -0.15) is 4.98 Å². The standard InChI is InChI=1S/C20H21FN4O3/c1-13-23-19(24-28-13)12-25-11-15(21)9-16(25)10-22-20(26)18-8-7-17(27-18)14-5-3-2-4-6-14/h2-8,15-16H,9-12H2,1H3,(H,22,26)/t15-,16-/m0/s1. The van der Waals surface area contributed by atoms with Crippen LogP contribution in [0.2, 0.25) is 0 Å². The fourth-order valence-electron chi connectivity index (χ4n) is 3.43. The lowest BCUT2D eigenvalue weighted by Crippen LogP contribution is -2.39. The van der Waals surface area contributed by atoms with Crippen molar-refractivity contribution >= 4 is 5.91 Å². The molecular formula is C20H21FN4O3. The molecular weight excluding hydrogens is 363 g/mol. The van der Waals surface area contributed by atoms with E-state index in [2.05, 4.69) is 15.5 Å². The molecule has 0 unspecified atom stereocenters. The molecule has 0 saturated carbocycles. The highest BCUT2D eigenvalue weighted by Gasteiger charge is 2.33. The number of alkyl halides is 1. The molecule has 3 heterocycles. The Bertz CT molecular complexity index is 940. The van der Waals surface area contributed by atoms with E-state index in [1.165, 1.54) is 0 Å². The fourth-order valence-corrected chi connectivity index (χ4v) is 3.43. The van der Waals surface area contributed by atoms with Crippen molar-refractivity contribution in [2.45, 2.75) is 32.1 Å². The Kier molecular flexibility index (Phi) is 5.21. The van der Waals surface area contributed by atoms with Crippen molar-refractivity contribution in [1.29, 1.82) is 0 Å². The zero-order chi connectivity index (χ0) is 19.5. The van der Waals surface area contributed by atoms with E-state index in [1.807, 2.05) is 35.2 Å². The first-order chi connectivity index (χ1) is 13.6. The fraction of sp³-hybridized carbons (Fsp3) is 0.350. The Morgan fingerprint density at radius 1 is 1.29 bits per heavy atom. The van der Waals surface area contributed by atoms with Crippen LogP contribution in [0, 0.1) is 6.92 Å². The maximum Gasteiger partial charge on any atom is 0.287 e. The van der Waals surface area contributed by atoms with Crippen molar-refractivity contribution in [3.05, 3.63) is 59.9 Å². The number of hydrogen-bond donors (Lipinski definition) is 1. The highest BCUT2D eigenvalue weighted by molar-refractivity contribution is 5.92. The van der Waals surface area contributed by atoms with Crippen molar-refractivity contribution in [3.8, 4) is 11.3 Å². The van der Waals surface area contributed by atoms with Crippen LogP contribution < -0.4 is 5.32 Å². The second-order valence-corrected chi connectivity index (χ2v) is 6.89. The predicted octanol–water partition coefficient (Wildman–Crippen LogP) is 2.98. The van der Waals surface area contributed by atoms with Gasteiger partial charge >= 0.3 is 0 Å². The predicted molar refractivity (Wildman–Crippen MR) is 99.2 cm³/mol. The Balaban J connectivity index is 1.36. The summed E-state index contributed by atoms with van der Waals surface area (Å²) in [5.41, 5.74) is 0.902. The van der Waals surface area contributed by atoms with E-state index in [-0.39, 0.29) is 24.3 Å². The number of amides is 1. The van der Waals surface area contributed by atoms with Crippen molar-refractivity contribution in [1.82, 2.24) is 20.4 Å². The summed E-state index contributed by atoms with van der Waals surface area (Å²) < 4.78 is 24.6. The number of nitrogens with one attached hydrogen (secondary N) is 1. The van der Waals surface area contributed by atoms with Gasteiger partial charge < -0.3 is 14.3 Å². The maximum absolute atomic E-state index is 13.9. The second kappa shape index (κ2) is 7.93. The summed E-state index contributed by atoms with van der Waals surface area (Å²) in [4.78, 5) is 18.5. The molecule has 2 atom stereocenters. The number of carbonyl (C=O) groups is 1. The van der Waals surface area contributed by atoms with Gasteiger partial charge in [-0.05, 0) is 18.6 Å². The number of hydrogen-bond acceptors (Lipinski definition) is 6. The van der Waals surface area contributed by atoms with Gasteiger partial charge in [0.1, 0.15) is 11.9 Å². The van der Waals surface area contributed by atoms with Crippen molar-refractivity contribution < 1.29 is 18.1 Å². The normalized spacial score (nSPS) is 19.8. The third kappa shape index (κ3) is 4.12. The Hall–Kier alpha value is -3.00. The molecule has 1 aliphatic rings. The minimum atomic E-state index is -0.941. The lowest BCUT2D eigenvalue weighted by atomic mass is 10.2. The second-order valence-electron chi connectivity index (χ2n) is 6.89. The molecule has 0 spiro atoms. The number of aromatic nitrogens is 2. The molecule has 7 nitrogen and oxygen atoms in total. The van der Waals surface area contributed by atoms with Gasteiger partial charge in [-0.1, -0.05) is 35.5 Å². The van der Waals surface area contributed by atoms with E-state index in [0.29, 0.717) is 37.0 Å². The van der Waals surface area contributed by atoms with Gasteiger partial charge in [0.25, 0.3) is 5.91 Å². The van der Waals surface area contributed by atoms with Gasteiger partial charge in [0.05, 0.1) is 6.54 Å². The summed E-state index contributed by atoms with van der Waals surface area (Å²) in [6.45, 7) is 2.70. The third-order valence-electron chi connectivity index (χ3n) is 4.78. The Labute approximate surface area is 161 Å². The summed E-state index contributed by atoms with van der Waals surface area (Å²) in [5.74, 6) is 1.53. The van der Waals surface area contributed by atoms with E-state index in [1.54, 1.807) is 19.1 Å². The van der Waals surface area contributed by atoms with E-state index in [9.17, 15) is 9.18 Å². The molecule has 0 radical (unpaired) electrons. The minimum Gasteiger partial charge on any atom is -0.451 e. The van der Waals surface area contributed by atoms with Gasteiger partial charge in [0.15, 0.2) is 11.6 Å². The average Bonchev–Trinajstić information content (AvgIpc) is 3.41. The number of rotatable bonds is 6. The smallest absolute Gasteiger partial charge is 0.287 e. The monoisotopic (exact) mass is 384 g/mol. The van der Waals surface area contributed by atoms with Gasteiger partial charge in [-0.3, -0.25) is 9.69 Å². The zero-order valence-corrected chi connectivity index (χ0v) is 15.5. The van der Waals surface area contributed by atoms with Gasteiger partial charge in [-0.25, -0.2) is 4.39 Å². The molecule has 1 aromatic carbocycles. The molecule has 8 heteroatoms. The number of likely N-dealkylation sites (tertiary alicyclic amines) is 1. The summed E-state index contributed by atoms with van der Waals surface area (Å²) in [5, 5.41) is 6.70. The first-order valence-corrected chi connectivity index (χ1v) is 9.19. The highest BCUT2D eigenvalue weighted by atomic mass is 19.1. The van der Waals surface area contributed by atoms with Gasteiger partial charge in [-0.15, -0.1) is 0 Å². The van der Waals surface area contributed by atoms with Crippen molar-refractivity contribution in [3.63, 3.8) is 0 Å². The number of nitrogens with zero attached hydrogens (tertiary/aromatic N) is 3. The lowest BCUT2D eigenvalue weighted by molar-refractivity contribution is 0.0912. The van der Waals surface area contributed by atoms with Crippen LogP contribution in [-0.4, -0.2) is 46.3 Å². The summed E-state index contributed by atoms with van der Waals surface area (Å²) in [7, 11) is 0. The van der Waals surface area contributed by atoms with E-state index in [0.717, 1.165) is 5.56 Å². The van der Waals surface area contributed by atoms with Crippen molar-refractivity contribution in [2.75, 3.05) is 13.1 Å². The van der Waals surface area contributed by atoms with E-state index < -0.39 is 6.17 Å². The quantitative estimate of drug-likeness (QED) is 0.703. The molecule has 2 aromatic heterocycles. The Morgan fingerprint density at radius 2 is 2.11 bits per heavy atom. The first kappa shape index (κ1) is 18.4. The third-order valence-corrected chi connectivity index (χ3v) is 4.78. The highest BCUT2D eigenvalue weighted by Crippen LogP contribution is 2.23. The topological polar surface area (TPSA) is 84.4 Å². The molecule has 1 N–H and O–H groups in total. The molecule has 1 fully saturated rings. The molecule has 3 aromatic rings. The maximum atomic E-state index is 13.9. The number of carbonyl (C=O) groups excluding carboxylic acids is 1. The molecule has 28 heavy (non-hydrogen) atoms. The lowest BCUT2D eigenvalue weighted by Gasteiger charge is -2.22. The number of aryl methyl sites for hydroxylation is 1. The molecule has 0 aliphatic carbocycles. The van der Waals surface area contributed by atoms with Crippen LogP contribution in [-0.2, 0) is 6.54 Å². The Morgan fingerprint density at radius 3 is 2.86 bits per heavy atom. The summed E-state index contributed by atoms with van der Waals surface area (Å²) >= 11 is 0. The van der Waals surface area contributed by atoms with Crippen LogP contribution in [0.25, 0.3) is 11.3 Å². The zero-order valence-electron chi connectivity index (χ0n) is 15.5. The molecule has 146 valence electrons. The van der Waals surface area contributed by atoms with Crippen LogP contribution in [0.15, 0.2) is 51.4 Å². The van der Waals surface area contributed by atoms with E-state index >= 15 is 0 Å². The average molecular weight is 384 g/mol. The molecule has 1 aliphatic heterocycles. The van der Waals surface area contributed by atoms with Crippen LogP contribution in [0.5, 0.6) is 0 Å². The number of benzene rings is 1. The molecule has 4 rings (SSSR count). The number of halogens is 1. The number of furan rings is 1. The van der Waals surface area contributed by atoms with E-state index in [4.69, 9.17) is 8.94 Å². The largest absolute Gasteiger partial charge is 0.451 e.